The maximum atomic E-state index is 13.1. The Labute approximate surface area is 168 Å². The van der Waals surface area contributed by atoms with E-state index in [0.717, 1.165) is 43.0 Å². The number of Topliss-reactive ketones (excluding diaryl/α,β-unsaturated/α-hetero) is 1. The summed E-state index contributed by atoms with van der Waals surface area (Å²) >= 11 is 0. The number of carbonyl (C=O) groups excluding carboxylic acids is 1. The Morgan fingerprint density at radius 3 is 2.29 bits per heavy atom. The second kappa shape index (κ2) is 8.89. The third-order valence-corrected chi connectivity index (χ3v) is 6.15. The summed E-state index contributed by atoms with van der Waals surface area (Å²) in [5, 5.41) is 0. The normalized spacial score (nSPS) is 22.1. The molecule has 0 aliphatic carbocycles. The molecule has 4 rings (SSSR count). The quantitative estimate of drug-likeness (QED) is 0.719. The van der Waals surface area contributed by atoms with Gasteiger partial charge in [0.05, 0.1) is 0 Å². The molecule has 148 valence electrons. The molecule has 0 N–H and O–H groups in total. The lowest BCUT2D eigenvalue weighted by molar-refractivity contribution is 0.0630. The third-order valence-electron chi connectivity index (χ3n) is 6.15. The van der Waals surface area contributed by atoms with E-state index < -0.39 is 0 Å². The van der Waals surface area contributed by atoms with Gasteiger partial charge < -0.3 is 9.64 Å². The first-order chi connectivity index (χ1) is 13.7. The lowest BCUT2D eigenvalue weighted by Gasteiger charge is -2.41. The zero-order chi connectivity index (χ0) is 19.3. The van der Waals surface area contributed by atoms with Crippen LogP contribution in [0, 0.1) is 5.92 Å². The zero-order valence-electron chi connectivity index (χ0n) is 16.7. The van der Waals surface area contributed by atoms with Crippen molar-refractivity contribution in [1.29, 1.82) is 0 Å². The molecule has 0 saturated carbocycles. The number of piperidine rings is 2. The van der Waals surface area contributed by atoms with Crippen molar-refractivity contribution in [3.05, 3.63) is 60.2 Å². The van der Waals surface area contributed by atoms with E-state index in [9.17, 15) is 4.79 Å². The molecule has 2 aromatic carbocycles. The predicted octanol–water partition coefficient (Wildman–Crippen LogP) is 4.47. The summed E-state index contributed by atoms with van der Waals surface area (Å²) in [6, 6.07) is 18.0. The highest BCUT2D eigenvalue weighted by molar-refractivity contribution is 5.98. The number of hydrogen-bond acceptors (Lipinski definition) is 4. The summed E-state index contributed by atoms with van der Waals surface area (Å²) < 4.78 is 5.84. The highest BCUT2D eigenvalue weighted by Gasteiger charge is 2.31. The summed E-state index contributed by atoms with van der Waals surface area (Å²) in [6.07, 6.45) is 4.58. The highest BCUT2D eigenvalue weighted by Crippen LogP contribution is 2.27. The summed E-state index contributed by atoms with van der Waals surface area (Å²) in [7, 11) is 2.20. The van der Waals surface area contributed by atoms with Crippen LogP contribution in [-0.2, 0) is 0 Å². The lowest BCUT2D eigenvalue weighted by atomic mass is 9.88. The fraction of sp³-hybridized carbons (Fsp3) is 0.458. The molecule has 0 aromatic heterocycles. The second-order valence-corrected chi connectivity index (χ2v) is 8.17. The van der Waals surface area contributed by atoms with Crippen molar-refractivity contribution in [3.8, 4) is 11.5 Å². The number of ether oxygens (including phenoxy) is 1. The third kappa shape index (κ3) is 4.62. The molecule has 2 saturated heterocycles. The Hall–Kier alpha value is -2.17. The molecule has 28 heavy (non-hydrogen) atoms. The molecule has 2 aromatic rings. The Morgan fingerprint density at radius 1 is 0.893 bits per heavy atom. The maximum Gasteiger partial charge on any atom is 0.167 e. The van der Waals surface area contributed by atoms with Gasteiger partial charge in [0.15, 0.2) is 5.78 Å². The highest BCUT2D eigenvalue weighted by atomic mass is 16.5. The van der Waals surface area contributed by atoms with Crippen LogP contribution in [0.5, 0.6) is 11.5 Å². The average Bonchev–Trinajstić information content (AvgIpc) is 2.75. The van der Waals surface area contributed by atoms with Gasteiger partial charge in [-0.2, -0.15) is 0 Å². The molecule has 0 radical (unpaired) electrons. The van der Waals surface area contributed by atoms with Gasteiger partial charge in [0, 0.05) is 24.1 Å². The van der Waals surface area contributed by atoms with Crippen molar-refractivity contribution in [2.45, 2.75) is 31.7 Å². The molecule has 2 aliphatic rings. The first-order valence-corrected chi connectivity index (χ1v) is 10.5. The van der Waals surface area contributed by atoms with E-state index in [1.807, 2.05) is 54.6 Å². The topological polar surface area (TPSA) is 32.8 Å². The van der Waals surface area contributed by atoms with E-state index in [0.29, 0.717) is 6.04 Å². The fourth-order valence-electron chi connectivity index (χ4n) is 4.46. The van der Waals surface area contributed by atoms with Crippen molar-refractivity contribution >= 4 is 5.78 Å². The van der Waals surface area contributed by atoms with E-state index in [1.54, 1.807) is 0 Å². The molecule has 2 fully saturated rings. The van der Waals surface area contributed by atoms with Gasteiger partial charge in [-0.25, -0.2) is 0 Å². The first-order valence-electron chi connectivity index (χ1n) is 10.5. The number of para-hydroxylation sites is 1. The van der Waals surface area contributed by atoms with E-state index in [4.69, 9.17) is 4.74 Å². The Bertz CT molecular complexity index is 767. The van der Waals surface area contributed by atoms with Crippen LogP contribution in [0.15, 0.2) is 54.6 Å². The summed E-state index contributed by atoms with van der Waals surface area (Å²) in [6.45, 7) is 4.39. The van der Waals surface area contributed by atoms with Gasteiger partial charge in [-0.15, -0.1) is 0 Å². The van der Waals surface area contributed by atoms with Crippen molar-refractivity contribution in [1.82, 2.24) is 9.80 Å². The minimum absolute atomic E-state index is 0.120. The molecule has 0 amide bonds. The van der Waals surface area contributed by atoms with Gasteiger partial charge in [0.2, 0.25) is 0 Å². The lowest BCUT2D eigenvalue weighted by Crippen LogP contribution is -2.48. The van der Waals surface area contributed by atoms with E-state index >= 15 is 0 Å². The van der Waals surface area contributed by atoms with Crippen LogP contribution in [-0.4, -0.2) is 54.9 Å². The van der Waals surface area contributed by atoms with Gasteiger partial charge in [-0.1, -0.05) is 18.2 Å². The number of likely N-dealkylation sites (tertiary alicyclic amines) is 2. The molecule has 4 heteroatoms. The minimum atomic E-state index is 0.120. The standard InChI is InChI=1S/C24H30N2O2/c1-25-16-13-21(14-17-25)26-15-5-6-20(18-26)24(27)19-9-11-23(12-10-19)28-22-7-3-2-4-8-22/h2-4,7-12,20-21H,5-6,13-18H2,1H3/t20-/m1/s1. The van der Waals surface area contributed by atoms with Crippen LogP contribution in [0.25, 0.3) is 0 Å². The molecule has 4 nitrogen and oxygen atoms in total. The molecule has 1 atom stereocenters. The van der Waals surface area contributed by atoms with Crippen molar-refractivity contribution in [2.75, 3.05) is 33.2 Å². The smallest absolute Gasteiger partial charge is 0.167 e. The van der Waals surface area contributed by atoms with Crippen LogP contribution in [0.1, 0.15) is 36.0 Å². The predicted molar refractivity (Wildman–Crippen MR) is 112 cm³/mol. The number of nitrogens with zero attached hydrogens (tertiary/aromatic N) is 2. The van der Waals surface area contributed by atoms with Crippen LogP contribution < -0.4 is 4.74 Å². The molecule has 0 unspecified atom stereocenters. The largest absolute Gasteiger partial charge is 0.457 e. The van der Waals surface area contributed by atoms with E-state index in [-0.39, 0.29) is 11.7 Å². The van der Waals surface area contributed by atoms with Crippen LogP contribution in [0.3, 0.4) is 0 Å². The summed E-state index contributed by atoms with van der Waals surface area (Å²) in [5.41, 5.74) is 0.802. The number of hydrogen-bond donors (Lipinski definition) is 0. The molecule has 2 aliphatic heterocycles. The van der Waals surface area contributed by atoms with E-state index in [2.05, 4.69) is 16.8 Å². The average molecular weight is 379 g/mol. The van der Waals surface area contributed by atoms with Crippen LogP contribution >= 0.6 is 0 Å². The SMILES string of the molecule is CN1CCC(N2CCC[C@@H](C(=O)c3ccc(Oc4ccccc4)cc3)C2)CC1. The Kier molecular flexibility index (Phi) is 6.08. The number of carbonyl (C=O) groups is 1. The van der Waals surface area contributed by atoms with Gasteiger partial charge in [-0.05, 0) is 88.8 Å². The number of ketones is 1. The van der Waals surface area contributed by atoms with Gasteiger partial charge in [0.1, 0.15) is 11.5 Å². The molecule has 0 bridgehead atoms. The van der Waals surface area contributed by atoms with Gasteiger partial charge >= 0.3 is 0 Å². The number of benzene rings is 2. The summed E-state index contributed by atoms with van der Waals surface area (Å²) in [4.78, 5) is 18.1. The van der Waals surface area contributed by atoms with Crippen molar-refractivity contribution in [2.24, 2.45) is 5.92 Å². The van der Waals surface area contributed by atoms with E-state index in [1.165, 1.54) is 25.9 Å². The first kappa shape index (κ1) is 19.2. The molecular weight excluding hydrogens is 348 g/mol. The molecular formula is C24H30N2O2. The minimum Gasteiger partial charge on any atom is -0.457 e. The Morgan fingerprint density at radius 2 is 1.57 bits per heavy atom. The summed E-state index contributed by atoms with van der Waals surface area (Å²) in [5.74, 6) is 1.97. The second-order valence-electron chi connectivity index (χ2n) is 8.17. The van der Waals surface area contributed by atoms with Crippen molar-refractivity contribution < 1.29 is 9.53 Å². The zero-order valence-corrected chi connectivity index (χ0v) is 16.7. The Balaban J connectivity index is 1.37. The number of rotatable bonds is 5. The van der Waals surface area contributed by atoms with Gasteiger partial charge in [-0.3, -0.25) is 9.69 Å². The van der Waals surface area contributed by atoms with Crippen LogP contribution in [0.4, 0.5) is 0 Å². The van der Waals surface area contributed by atoms with Crippen molar-refractivity contribution in [3.63, 3.8) is 0 Å². The monoisotopic (exact) mass is 378 g/mol. The fourth-order valence-corrected chi connectivity index (χ4v) is 4.46. The van der Waals surface area contributed by atoms with Crippen LogP contribution in [0.2, 0.25) is 0 Å². The molecule has 0 spiro atoms. The molecule has 2 heterocycles. The van der Waals surface area contributed by atoms with Gasteiger partial charge in [0.25, 0.3) is 0 Å². The maximum absolute atomic E-state index is 13.1.